The smallest absolute Gasteiger partial charge is 0.305 e. The Bertz CT molecular complexity index is 536. The van der Waals surface area contributed by atoms with Gasteiger partial charge in [-0.25, -0.2) is 4.79 Å². The van der Waals surface area contributed by atoms with Crippen LogP contribution in [0.1, 0.15) is 5.69 Å². The van der Waals surface area contributed by atoms with Crippen LogP contribution in [0.3, 0.4) is 0 Å². The Morgan fingerprint density at radius 2 is 2.43 bits per heavy atom. The van der Waals surface area contributed by atoms with Gasteiger partial charge in [0.1, 0.15) is 11.8 Å². The molecule has 0 unspecified atom stereocenters. The molecule has 2 aromatic heterocycles. The summed E-state index contributed by atoms with van der Waals surface area (Å²) in [5.74, 6) is 0. The largest absolute Gasteiger partial charge is 0.346 e. The van der Waals surface area contributed by atoms with Crippen LogP contribution in [-0.4, -0.2) is 9.97 Å². The lowest BCUT2D eigenvalue weighted by atomic mass is 10.3. The summed E-state index contributed by atoms with van der Waals surface area (Å²) >= 11 is 1.50. The van der Waals surface area contributed by atoms with Gasteiger partial charge in [0, 0.05) is 0 Å². The molecule has 0 amide bonds. The van der Waals surface area contributed by atoms with Gasteiger partial charge in [-0.15, -0.1) is 11.3 Å². The van der Waals surface area contributed by atoms with Crippen molar-refractivity contribution in [3.8, 4) is 16.6 Å². The van der Waals surface area contributed by atoms with Crippen molar-refractivity contribution in [1.29, 1.82) is 5.26 Å². The summed E-state index contributed by atoms with van der Waals surface area (Å²) in [6, 6.07) is 7.16. The second kappa shape index (κ2) is 3.44. The van der Waals surface area contributed by atoms with E-state index < -0.39 is 5.69 Å². The Hall–Kier alpha value is -1.93. The van der Waals surface area contributed by atoms with Crippen LogP contribution in [0.5, 0.6) is 0 Å². The summed E-state index contributed by atoms with van der Waals surface area (Å²) < 4.78 is 0. The highest BCUT2D eigenvalue weighted by atomic mass is 32.1. The molecular formula is C9H5N3OS. The number of nitrogens with zero attached hydrogens (tertiary/aromatic N) is 2. The molecule has 14 heavy (non-hydrogen) atoms. The van der Waals surface area contributed by atoms with Crippen LogP contribution >= 0.6 is 11.3 Å². The van der Waals surface area contributed by atoms with E-state index in [9.17, 15) is 4.79 Å². The summed E-state index contributed by atoms with van der Waals surface area (Å²) in [6.45, 7) is 0. The van der Waals surface area contributed by atoms with Crippen molar-refractivity contribution < 1.29 is 0 Å². The van der Waals surface area contributed by atoms with Crippen LogP contribution in [0.2, 0.25) is 0 Å². The molecule has 2 aromatic rings. The summed E-state index contributed by atoms with van der Waals surface area (Å²) in [4.78, 5) is 18.0. The summed E-state index contributed by atoms with van der Waals surface area (Å²) in [6.07, 6.45) is 0. The van der Waals surface area contributed by atoms with Crippen LogP contribution in [0.4, 0.5) is 0 Å². The first-order chi connectivity index (χ1) is 6.79. The van der Waals surface area contributed by atoms with Crippen molar-refractivity contribution in [2.45, 2.75) is 0 Å². The standard InChI is InChI=1S/C9H5N3OS/c10-5-6-4-7(12-9(13)11-6)8-2-1-3-14-8/h1-4H,(H,11,12,13). The minimum absolute atomic E-state index is 0.136. The second-order valence-corrected chi connectivity index (χ2v) is 3.52. The molecule has 0 aliphatic heterocycles. The van der Waals surface area contributed by atoms with E-state index in [0.717, 1.165) is 4.88 Å². The number of nitrogens with one attached hydrogen (secondary N) is 1. The first-order valence-electron chi connectivity index (χ1n) is 3.85. The fourth-order valence-corrected chi connectivity index (χ4v) is 1.78. The number of hydrogen-bond acceptors (Lipinski definition) is 4. The first-order valence-corrected chi connectivity index (χ1v) is 4.73. The minimum atomic E-state index is -0.493. The molecule has 4 nitrogen and oxygen atoms in total. The van der Waals surface area contributed by atoms with Crippen LogP contribution in [-0.2, 0) is 0 Å². The van der Waals surface area contributed by atoms with E-state index in [1.807, 2.05) is 23.6 Å². The number of nitriles is 1. The fraction of sp³-hybridized carbons (Fsp3) is 0. The summed E-state index contributed by atoms with van der Waals surface area (Å²) in [7, 11) is 0. The van der Waals surface area contributed by atoms with E-state index in [-0.39, 0.29) is 5.69 Å². The zero-order chi connectivity index (χ0) is 9.97. The molecule has 0 saturated heterocycles. The molecule has 0 saturated carbocycles. The van der Waals surface area contributed by atoms with Gasteiger partial charge in [0.05, 0.1) is 10.6 Å². The molecule has 0 aromatic carbocycles. The van der Waals surface area contributed by atoms with Crippen LogP contribution < -0.4 is 5.69 Å². The van der Waals surface area contributed by atoms with Crippen molar-refractivity contribution in [3.63, 3.8) is 0 Å². The molecule has 0 fully saturated rings. The van der Waals surface area contributed by atoms with E-state index >= 15 is 0 Å². The number of aromatic amines is 1. The maximum Gasteiger partial charge on any atom is 0.346 e. The van der Waals surface area contributed by atoms with Gasteiger partial charge in [0.15, 0.2) is 0 Å². The molecule has 2 heterocycles. The van der Waals surface area contributed by atoms with Crippen molar-refractivity contribution in [1.82, 2.24) is 9.97 Å². The topological polar surface area (TPSA) is 69.5 Å². The van der Waals surface area contributed by atoms with Crippen LogP contribution in [0.25, 0.3) is 10.6 Å². The monoisotopic (exact) mass is 203 g/mol. The molecule has 0 aliphatic carbocycles. The van der Waals surface area contributed by atoms with Gasteiger partial charge in [-0.05, 0) is 17.5 Å². The normalized spacial score (nSPS) is 9.64. The number of rotatable bonds is 1. The van der Waals surface area contributed by atoms with Gasteiger partial charge in [-0.2, -0.15) is 10.2 Å². The number of hydrogen-bond donors (Lipinski definition) is 1. The lowest BCUT2D eigenvalue weighted by Gasteiger charge is -1.95. The Labute approximate surface area is 83.5 Å². The lowest BCUT2D eigenvalue weighted by Crippen LogP contribution is -2.11. The van der Waals surface area contributed by atoms with Gasteiger partial charge in [-0.3, -0.25) is 0 Å². The molecule has 0 atom stereocenters. The third kappa shape index (κ3) is 1.56. The lowest BCUT2D eigenvalue weighted by molar-refractivity contribution is 1.06. The van der Waals surface area contributed by atoms with Gasteiger partial charge in [-0.1, -0.05) is 6.07 Å². The SMILES string of the molecule is N#Cc1cc(-c2cccs2)[nH]c(=O)n1. The first kappa shape index (κ1) is 8.66. The summed E-state index contributed by atoms with van der Waals surface area (Å²) in [5.41, 5.74) is 0.279. The highest BCUT2D eigenvalue weighted by Crippen LogP contribution is 2.21. The predicted octanol–water partition coefficient (Wildman–Crippen LogP) is 1.37. The zero-order valence-corrected chi connectivity index (χ0v) is 7.84. The van der Waals surface area contributed by atoms with E-state index in [0.29, 0.717) is 5.69 Å². The fourth-order valence-electron chi connectivity index (χ4n) is 1.08. The highest BCUT2D eigenvalue weighted by Gasteiger charge is 2.02. The number of H-pyrrole nitrogens is 1. The maximum absolute atomic E-state index is 11.1. The average Bonchev–Trinajstić information content (AvgIpc) is 2.69. The quantitative estimate of drug-likeness (QED) is 0.761. The molecule has 0 aliphatic rings. The van der Waals surface area contributed by atoms with E-state index in [4.69, 9.17) is 5.26 Å². The minimum Gasteiger partial charge on any atom is -0.305 e. The Morgan fingerprint density at radius 3 is 3.07 bits per heavy atom. The van der Waals surface area contributed by atoms with Crippen molar-refractivity contribution in [2.24, 2.45) is 0 Å². The predicted molar refractivity (Wildman–Crippen MR) is 52.9 cm³/mol. The van der Waals surface area contributed by atoms with Crippen molar-refractivity contribution in [2.75, 3.05) is 0 Å². The highest BCUT2D eigenvalue weighted by molar-refractivity contribution is 7.13. The van der Waals surface area contributed by atoms with Gasteiger partial charge >= 0.3 is 5.69 Å². The van der Waals surface area contributed by atoms with Gasteiger partial charge in [0.25, 0.3) is 0 Å². The molecule has 0 spiro atoms. The van der Waals surface area contributed by atoms with Gasteiger partial charge < -0.3 is 4.98 Å². The zero-order valence-electron chi connectivity index (χ0n) is 7.02. The van der Waals surface area contributed by atoms with Crippen LogP contribution in [0, 0.1) is 11.3 Å². The Morgan fingerprint density at radius 1 is 1.57 bits per heavy atom. The molecule has 5 heteroatoms. The number of aromatic nitrogens is 2. The van der Waals surface area contributed by atoms with E-state index in [2.05, 4.69) is 9.97 Å². The molecule has 2 rings (SSSR count). The van der Waals surface area contributed by atoms with E-state index in [1.165, 1.54) is 11.3 Å². The third-order valence-corrected chi connectivity index (χ3v) is 2.55. The molecule has 68 valence electrons. The molecule has 0 radical (unpaired) electrons. The maximum atomic E-state index is 11.1. The third-order valence-electron chi connectivity index (χ3n) is 1.65. The average molecular weight is 203 g/mol. The Kier molecular flexibility index (Phi) is 2.13. The Balaban J connectivity index is 2.61. The van der Waals surface area contributed by atoms with Crippen molar-refractivity contribution in [3.05, 3.63) is 39.8 Å². The van der Waals surface area contributed by atoms with Gasteiger partial charge in [0.2, 0.25) is 0 Å². The van der Waals surface area contributed by atoms with Crippen molar-refractivity contribution >= 4 is 11.3 Å². The molecule has 0 bridgehead atoms. The molecule has 1 N–H and O–H groups in total. The van der Waals surface area contributed by atoms with Crippen LogP contribution in [0.15, 0.2) is 28.4 Å². The molecular weight excluding hydrogens is 198 g/mol. The van der Waals surface area contributed by atoms with E-state index in [1.54, 1.807) is 6.07 Å². The second-order valence-electron chi connectivity index (χ2n) is 2.57. The number of thiophene rings is 1. The summed E-state index contributed by atoms with van der Waals surface area (Å²) in [5, 5.41) is 10.5.